The molecule has 0 amide bonds. The van der Waals surface area contributed by atoms with E-state index in [9.17, 15) is 4.79 Å². The highest BCUT2D eigenvalue weighted by Crippen LogP contribution is 2.42. The highest BCUT2D eigenvalue weighted by atomic mass is 28.4. The molecule has 0 aliphatic carbocycles. The highest BCUT2D eigenvalue weighted by molar-refractivity contribution is 6.74. The van der Waals surface area contributed by atoms with Gasteiger partial charge in [-0.2, -0.15) is 0 Å². The molecule has 0 heterocycles. The average Bonchev–Trinajstić information content (AvgIpc) is 2.65. The van der Waals surface area contributed by atoms with Crippen molar-refractivity contribution in [1.82, 2.24) is 0 Å². The van der Waals surface area contributed by atoms with Gasteiger partial charge in [0, 0.05) is 12.3 Å². The van der Waals surface area contributed by atoms with E-state index in [-0.39, 0.29) is 34.0 Å². The van der Waals surface area contributed by atoms with Crippen molar-refractivity contribution in [3.05, 3.63) is 35.9 Å². The van der Waals surface area contributed by atoms with Crippen LogP contribution in [0.4, 0.5) is 0 Å². The van der Waals surface area contributed by atoms with Gasteiger partial charge in [-0.15, -0.1) is 0 Å². The minimum atomic E-state index is -2.03. The summed E-state index contributed by atoms with van der Waals surface area (Å²) in [7, 11) is -3.99. The zero-order valence-corrected chi connectivity index (χ0v) is 25.0. The summed E-state index contributed by atoms with van der Waals surface area (Å²) in [5.41, 5.74) is 1.09. The zero-order valence-electron chi connectivity index (χ0n) is 23.0. The van der Waals surface area contributed by atoms with Gasteiger partial charge < -0.3 is 8.85 Å². The molecule has 1 rings (SSSR count). The minimum absolute atomic E-state index is 0.0299. The first kappa shape index (κ1) is 29.3. The summed E-state index contributed by atoms with van der Waals surface area (Å²) >= 11 is 0. The summed E-state index contributed by atoms with van der Waals surface area (Å²) in [6, 6.07) is 10.3. The Labute approximate surface area is 200 Å². The largest absolute Gasteiger partial charge is 0.413 e. The van der Waals surface area contributed by atoms with Crippen molar-refractivity contribution in [2.45, 2.75) is 123 Å². The van der Waals surface area contributed by atoms with Gasteiger partial charge in [-0.3, -0.25) is 4.79 Å². The number of carbonyl (C=O) groups excluding carboxylic acids is 1. The van der Waals surface area contributed by atoms with E-state index in [0.29, 0.717) is 6.42 Å². The van der Waals surface area contributed by atoms with Gasteiger partial charge in [0.1, 0.15) is 5.78 Å². The molecule has 0 bridgehead atoms. The molecule has 5 heteroatoms. The Morgan fingerprint density at radius 2 is 1.34 bits per heavy atom. The zero-order chi connectivity index (χ0) is 25.0. The molecule has 184 valence electrons. The van der Waals surface area contributed by atoms with Crippen LogP contribution in [0.15, 0.2) is 30.3 Å². The molecule has 0 aromatic heterocycles. The third-order valence-electron chi connectivity index (χ3n) is 7.69. The van der Waals surface area contributed by atoms with Crippen molar-refractivity contribution in [3.63, 3.8) is 0 Å². The molecule has 3 atom stereocenters. The Kier molecular flexibility index (Phi) is 10.2. The smallest absolute Gasteiger partial charge is 0.192 e. The van der Waals surface area contributed by atoms with Crippen LogP contribution in [0.5, 0.6) is 0 Å². The third kappa shape index (κ3) is 7.93. The normalized spacial score (nSPS) is 16.5. The van der Waals surface area contributed by atoms with Crippen molar-refractivity contribution >= 4 is 22.4 Å². The van der Waals surface area contributed by atoms with Gasteiger partial charge in [0.15, 0.2) is 16.6 Å². The van der Waals surface area contributed by atoms with Crippen molar-refractivity contribution in [3.8, 4) is 0 Å². The molecule has 0 saturated carbocycles. The SMILES string of the molecule is CCC[C@H](O[Si](C)(C)C(C)(C)C)[C@@H](C)C(=O)C[C@H](O[Si](C)(C)C(C)(C)C)c1ccccc1. The fourth-order valence-electron chi connectivity index (χ4n) is 3.25. The Hall–Kier alpha value is -0.756. The van der Waals surface area contributed by atoms with Crippen LogP contribution in [0, 0.1) is 5.92 Å². The molecule has 3 nitrogen and oxygen atoms in total. The first-order chi connectivity index (χ1) is 14.4. The summed E-state index contributed by atoms with van der Waals surface area (Å²) in [5, 5.41) is 0.213. The van der Waals surface area contributed by atoms with Crippen molar-refractivity contribution < 1.29 is 13.6 Å². The number of hydrogen-bond acceptors (Lipinski definition) is 3. The van der Waals surface area contributed by atoms with Crippen LogP contribution in [0.1, 0.15) is 86.3 Å². The molecule has 0 spiro atoms. The van der Waals surface area contributed by atoms with Crippen LogP contribution in [-0.2, 0) is 13.6 Å². The summed E-state index contributed by atoms with van der Waals surface area (Å²) in [4.78, 5) is 13.6. The first-order valence-corrected chi connectivity index (χ1v) is 18.2. The lowest BCUT2D eigenvalue weighted by atomic mass is 9.91. The van der Waals surface area contributed by atoms with Crippen LogP contribution in [-0.4, -0.2) is 28.5 Å². The van der Waals surface area contributed by atoms with Gasteiger partial charge in [0.25, 0.3) is 0 Å². The quantitative estimate of drug-likeness (QED) is 0.299. The summed E-state index contributed by atoms with van der Waals surface area (Å²) in [6.45, 7) is 26.8. The topological polar surface area (TPSA) is 35.5 Å². The molecule has 1 aromatic carbocycles. The molecule has 0 saturated heterocycles. The fourth-order valence-corrected chi connectivity index (χ4v) is 5.97. The molecule has 0 fully saturated rings. The summed E-state index contributed by atoms with van der Waals surface area (Å²) in [6.07, 6.45) is 2.09. The average molecular weight is 479 g/mol. The Morgan fingerprint density at radius 3 is 1.78 bits per heavy atom. The van der Waals surface area contributed by atoms with E-state index in [0.717, 1.165) is 18.4 Å². The maximum absolute atomic E-state index is 13.6. The van der Waals surface area contributed by atoms with Crippen molar-refractivity contribution in [2.24, 2.45) is 5.92 Å². The predicted molar refractivity (Wildman–Crippen MR) is 143 cm³/mol. The number of carbonyl (C=O) groups is 1. The van der Waals surface area contributed by atoms with Crippen molar-refractivity contribution in [1.29, 1.82) is 0 Å². The first-order valence-electron chi connectivity index (χ1n) is 12.4. The Bertz CT molecular complexity index is 715. The molecule has 0 unspecified atom stereocenters. The second kappa shape index (κ2) is 11.1. The van der Waals surface area contributed by atoms with Gasteiger partial charge in [-0.05, 0) is 48.2 Å². The lowest BCUT2D eigenvalue weighted by Gasteiger charge is -2.41. The van der Waals surface area contributed by atoms with Gasteiger partial charge in [0.2, 0.25) is 0 Å². The molecule has 32 heavy (non-hydrogen) atoms. The van der Waals surface area contributed by atoms with Crippen molar-refractivity contribution in [2.75, 3.05) is 0 Å². The lowest BCUT2D eigenvalue weighted by molar-refractivity contribution is -0.127. The number of benzene rings is 1. The van der Waals surface area contributed by atoms with E-state index in [1.54, 1.807) is 0 Å². The minimum Gasteiger partial charge on any atom is -0.413 e. The molecular weight excluding hydrogens is 428 g/mol. The Balaban J connectivity index is 3.13. The number of ketones is 1. The molecule has 1 aromatic rings. The number of rotatable bonds is 11. The fraction of sp³-hybridized carbons (Fsp3) is 0.741. The maximum atomic E-state index is 13.6. The second-order valence-electron chi connectivity index (χ2n) is 12.4. The second-order valence-corrected chi connectivity index (χ2v) is 22.0. The predicted octanol–water partition coefficient (Wildman–Crippen LogP) is 8.54. The van der Waals surface area contributed by atoms with E-state index < -0.39 is 16.6 Å². The monoisotopic (exact) mass is 478 g/mol. The van der Waals surface area contributed by atoms with Crippen LogP contribution >= 0.6 is 0 Å². The van der Waals surface area contributed by atoms with E-state index >= 15 is 0 Å². The van der Waals surface area contributed by atoms with Crippen LogP contribution in [0.2, 0.25) is 36.3 Å². The number of Topliss-reactive ketones (excluding diaryl/α,β-unsaturated/α-hetero) is 1. The molecule has 0 aliphatic heterocycles. The van der Waals surface area contributed by atoms with E-state index in [2.05, 4.69) is 93.7 Å². The molecule has 0 radical (unpaired) electrons. The molecular formula is C27H50O3Si2. The highest BCUT2D eigenvalue weighted by Gasteiger charge is 2.42. The van der Waals surface area contributed by atoms with Gasteiger partial charge in [-0.25, -0.2) is 0 Å². The molecule has 0 aliphatic rings. The van der Waals surface area contributed by atoms with E-state index in [1.807, 2.05) is 18.2 Å². The standard InChI is InChI=1S/C27H50O3Si2/c1-13-17-24(29-31(9,10)26(3,4)5)21(2)23(28)20-25(22-18-15-14-16-19-22)30-32(11,12)27(6,7)8/h14-16,18-19,21,24-25H,13,17,20H2,1-12H3/t21-,24-,25-/m0/s1. The Morgan fingerprint density at radius 1 is 0.875 bits per heavy atom. The number of hydrogen-bond donors (Lipinski definition) is 0. The molecule has 0 N–H and O–H groups in total. The van der Waals surface area contributed by atoms with E-state index in [4.69, 9.17) is 8.85 Å². The van der Waals surface area contributed by atoms with Gasteiger partial charge in [0.05, 0.1) is 12.2 Å². The van der Waals surface area contributed by atoms with Crippen LogP contribution in [0.3, 0.4) is 0 Å². The third-order valence-corrected chi connectivity index (χ3v) is 16.7. The van der Waals surface area contributed by atoms with E-state index in [1.165, 1.54) is 0 Å². The summed E-state index contributed by atoms with van der Waals surface area (Å²) in [5.74, 6) is 0.105. The maximum Gasteiger partial charge on any atom is 0.192 e. The van der Waals surface area contributed by atoms with Gasteiger partial charge >= 0.3 is 0 Å². The lowest BCUT2D eigenvalue weighted by Crippen LogP contribution is -2.47. The summed E-state index contributed by atoms with van der Waals surface area (Å²) < 4.78 is 13.5. The van der Waals surface area contributed by atoms with Crippen LogP contribution < -0.4 is 0 Å². The van der Waals surface area contributed by atoms with Crippen LogP contribution in [0.25, 0.3) is 0 Å². The van der Waals surface area contributed by atoms with Gasteiger partial charge in [-0.1, -0.05) is 92.1 Å².